The van der Waals surface area contributed by atoms with Crippen molar-refractivity contribution < 1.29 is 9.47 Å². The molecule has 11 nitrogen and oxygen atoms in total. The van der Waals surface area contributed by atoms with E-state index in [0.717, 1.165) is 80.5 Å². The summed E-state index contributed by atoms with van der Waals surface area (Å²) < 4.78 is 11.1. The fourth-order valence-corrected chi connectivity index (χ4v) is 5.47. The van der Waals surface area contributed by atoms with Gasteiger partial charge in [-0.2, -0.15) is 5.10 Å². The van der Waals surface area contributed by atoms with Crippen molar-refractivity contribution in [2.75, 3.05) is 37.1 Å². The molecule has 4 aliphatic rings. The monoisotopic (exact) mass is 539 g/mol. The van der Waals surface area contributed by atoms with Crippen LogP contribution in [0.25, 0.3) is 0 Å². The molecule has 38 heavy (non-hydrogen) atoms. The van der Waals surface area contributed by atoms with E-state index in [4.69, 9.17) is 36.8 Å². The van der Waals surface area contributed by atoms with Crippen LogP contribution >= 0.6 is 11.6 Å². The van der Waals surface area contributed by atoms with Crippen LogP contribution in [0.1, 0.15) is 36.9 Å². The zero-order valence-corrected chi connectivity index (χ0v) is 22.2. The summed E-state index contributed by atoms with van der Waals surface area (Å²) in [7, 11) is 0. The van der Waals surface area contributed by atoms with Crippen LogP contribution in [0.2, 0.25) is 5.02 Å². The number of nitrogens with two attached hydrogens (primary N) is 1. The van der Waals surface area contributed by atoms with Crippen LogP contribution in [0.5, 0.6) is 0 Å². The van der Waals surface area contributed by atoms with Crippen molar-refractivity contribution in [3.63, 3.8) is 0 Å². The standard InChI is InChI=1S/C26H34ClN9O2/c1-16-12-23(35-34-16)31-24-20-15-29-36(19-6-10-38-11-7-19)25(20)33-26(28,32-24)14-17-2-3-21(27)22(13-17)30-18-4-8-37-9-5-18/h2-3,12-13,15,18-19,29-30H,4-11,14,28H2,1H3,(H2,31,32,34,35). The van der Waals surface area contributed by atoms with E-state index in [1.807, 2.05) is 31.3 Å². The number of rotatable bonds is 6. The number of benzene rings is 1. The van der Waals surface area contributed by atoms with Gasteiger partial charge in [-0.25, -0.2) is 9.98 Å². The maximum absolute atomic E-state index is 6.94. The number of nitrogens with zero attached hydrogens (tertiary/aromatic N) is 4. The number of aliphatic imine (C=N–C) groups is 2. The number of anilines is 2. The fourth-order valence-electron chi connectivity index (χ4n) is 5.29. The lowest BCUT2D eigenvalue weighted by Gasteiger charge is -2.36. The first-order chi connectivity index (χ1) is 18.5. The Labute approximate surface area is 226 Å². The summed E-state index contributed by atoms with van der Waals surface area (Å²) in [5.41, 5.74) is 14.0. The highest BCUT2D eigenvalue weighted by atomic mass is 35.5. The second-order valence-electron chi connectivity index (χ2n) is 10.3. The molecule has 1 atom stereocenters. The topological polar surface area (TPSA) is 137 Å². The van der Waals surface area contributed by atoms with Crippen molar-refractivity contribution in [2.45, 2.75) is 56.9 Å². The molecule has 6 rings (SSSR count). The van der Waals surface area contributed by atoms with Crippen molar-refractivity contribution >= 4 is 34.8 Å². The van der Waals surface area contributed by atoms with E-state index in [2.05, 4.69) is 37.3 Å². The molecule has 5 heterocycles. The molecule has 0 spiro atoms. The Morgan fingerprint density at radius 2 is 1.87 bits per heavy atom. The van der Waals surface area contributed by atoms with Gasteiger partial charge in [-0.1, -0.05) is 17.7 Å². The molecule has 0 radical (unpaired) electrons. The van der Waals surface area contributed by atoms with Crippen LogP contribution < -0.4 is 21.8 Å². The Balaban J connectivity index is 1.29. The molecule has 2 fully saturated rings. The molecule has 6 N–H and O–H groups in total. The molecular formula is C26H34ClN9O2. The fraction of sp³-hybridized carbons (Fsp3) is 0.500. The lowest BCUT2D eigenvalue weighted by molar-refractivity contribution is 0.0486. The van der Waals surface area contributed by atoms with Gasteiger partial charge in [-0.15, -0.1) is 0 Å². The smallest absolute Gasteiger partial charge is 0.210 e. The quantitative estimate of drug-likeness (QED) is 0.378. The molecule has 1 aromatic carbocycles. The van der Waals surface area contributed by atoms with E-state index < -0.39 is 5.79 Å². The number of fused-ring (bicyclic) bond motifs is 1. The van der Waals surface area contributed by atoms with Crippen LogP contribution in [-0.4, -0.2) is 71.2 Å². The molecule has 2 saturated heterocycles. The maximum Gasteiger partial charge on any atom is 0.210 e. The van der Waals surface area contributed by atoms with Gasteiger partial charge in [-0.05, 0) is 50.3 Å². The first-order valence-electron chi connectivity index (χ1n) is 13.2. The SMILES string of the molecule is Cc1cc(NC2=NC(N)(Cc3ccc(Cl)c(NC4CCOCC4)c3)N=C3C2=CNN3C2CCOCC2)n[nH]1. The number of hydrogen-bond donors (Lipinski definition) is 5. The van der Waals surface area contributed by atoms with Gasteiger partial charge < -0.3 is 25.5 Å². The predicted molar refractivity (Wildman–Crippen MR) is 148 cm³/mol. The molecular weight excluding hydrogens is 506 g/mol. The minimum Gasteiger partial charge on any atom is -0.381 e. The Morgan fingerprint density at radius 1 is 1.11 bits per heavy atom. The third-order valence-electron chi connectivity index (χ3n) is 7.26. The molecule has 1 aromatic heterocycles. The Hall–Kier alpha value is -3.12. The molecule has 0 amide bonds. The Morgan fingerprint density at radius 3 is 2.61 bits per heavy atom. The van der Waals surface area contributed by atoms with Gasteiger partial charge in [0, 0.05) is 56.9 Å². The van der Waals surface area contributed by atoms with E-state index in [0.29, 0.717) is 29.1 Å². The van der Waals surface area contributed by atoms with Crippen LogP contribution in [0, 0.1) is 6.92 Å². The maximum atomic E-state index is 6.94. The van der Waals surface area contributed by atoms with Crippen molar-refractivity contribution in [1.29, 1.82) is 0 Å². The number of hydrogen-bond acceptors (Lipinski definition) is 10. The lowest BCUT2D eigenvalue weighted by atomic mass is 10.0. The van der Waals surface area contributed by atoms with Crippen LogP contribution in [0.15, 0.2) is 46.0 Å². The number of aromatic amines is 1. The van der Waals surface area contributed by atoms with E-state index >= 15 is 0 Å². The first kappa shape index (κ1) is 25.2. The third kappa shape index (κ3) is 5.37. The highest BCUT2D eigenvalue weighted by Crippen LogP contribution is 2.31. The second-order valence-corrected chi connectivity index (χ2v) is 10.7. The van der Waals surface area contributed by atoms with Gasteiger partial charge in [0.2, 0.25) is 5.79 Å². The van der Waals surface area contributed by atoms with E-state index in [1.54, 1.807) is 0 Å². The number of ether oxygens (including phenoxy) is 2. The van der Waals surface area contributed by atoms with Gasteiger partial charge in [0.1, 0.15) is 5.84 Å². The third-order valence-corrected chi connectivity index (χ3v) is 7.59. The van der Waals surface area contributed by atoms with Crippen LogP contribution in [-0.2, 0) is 15.9 Å². The Bertz CT molecular complexity index is 1260. The van der Waals surface area contributed by atoms with Crippen molar-refractivity contribution in [1.82, 2.24) is 20.6 Å². The highest BCUT2D eigenvalue weighted by Gasteiger charge is 2.40. The summed E-state index contributed by atoms with van der Waals surface area (Å²) in [4.78, 5) is 9.93. The molecule has 12 heteroatoms. The summed E-state index contributed by atoms with van der Waals surface area (Å²) in [5, 5.41) is 17.0. The van der Waals surface area contributed by atoms with E-state index in [1.165, 1.54) is 0 Å². The van der Waals surface area contributed by atoms with Gasteiger partial charge in [-0.3, -0.25) is 15.8 Å². The zero-order valence-electron chi connectivity index (χ0n) is 21.5. The zero-order chi connectivity index (χ0) is 26.1. The van der Waals surface area contributed by atoms with Crippen LogP contribution in [0.4, 0.5) is 11.5 Å². The number of nitrogens with one attached hydrogen (secondary N) is 4. The van der Waals surface area contributed by atoms with Crippen molar-refractivity contribution in [2.24, 2.45) is 15.7 Å². The summed E-state index contributed by atoms with van der Waals surface area (Å²) in [5.74, 6) is 0.850. The van der Waals surface area contributed by atoms with Crippen LogP contribution in [0.3, 0.4) is 0 Å². The molecule has 4 aliphatic heterocycles. The molecule has 1 unspecified atom stereocenters. The molecule has 0 bridgehead atoms. The number of hydrazine groups is 1. The van der Waals surface area contributed by atoms with Crippen molar-refractivity contribution in [3.8, 4) is 0 Å². The summed E-state index contributed by atoms with van der Waals surface area (Å²) in [6.45, 7) is 4.91. The van der Waals surface area contributed by atoms with E-state index in [9.17, 15) is 0 Å². The first-order valence-corrected chi connectivity index (χ1v) is 13.6. The average molecular weight is 540 g/mol. The number of halogens is 1. The normalized spacial score (nSPS) is 24.3. The minimum atomic E-state index is -1.22. The molecule has 2 aromatic rings. The largest absolute Gasteiger partial charge is 0.381 e. The van der Waals surface area contributed by atoms with Crippen molar-refractivity contribution in [3.05, 3.63) is 52.3 Å². The number of aromatic nitrogens is 2. The number of H-pyrrole nitrogens is 1. The van der Waals surface area contributed by atoms with Gasteiger partial charge in [0.25, 0.3) is 0 Å². The molecule has 0 saturated carbocycles. The number of aryl methyl sites for hydroxylation is 1. The summed E-state index contributed by atoms with van der Waals surface area (Å²) in [6, 6.07) is 8.46. The Kier molecular flexibility index (Phi) is 7.00. The second kappa shape index (κ2) is 10.6. The predicted octanol–water partition coefficient (Wildman–Crippen LogP) is 2.92. The van der Waals surface area contributed by atoms with Gasteiger partial charge in [0.15, 0.2) is 11.7 Å². The average Bonchev–Trinajstić information content (AvgIpc) is 3.52. The molecule has 202 valence electrons. The van der Waals surface area contributed by atoms with Gasteiger partial charge in [0.05, 0.1) is 22.3 Å². The van der Waals surface area contributed by atoms with E-state index in [-0.39, 0.29) is 6.04 Å². The minimum absolute atomic E-state index is 0.248. The summed E-state index contributed by atoms with van der Waals surface area (Å²) >= 11 is 6.55. The number of amidine groups is 2. The lowest BCUT2D eigenvalue weighted by Crippen LogP contribution is -2.51. The summed E-state index contributed by atoms with van der Waals surface area (Å²) in [6.07, 6.45) is 6.03. The molecule has 0 aliphatic carbocycles. The highest BCUT2D eigenvalue weighted by molar-refractivity contribution is 6.33. The van der Waals surface area contributed by atoms with Gasteiger partial charge >= 0.3 is 0 Å².